The molecule has 0 heterocycles. The summed E-state index contributed by atoms with van der Waals surface area (Å²) < 4.78 is 0. The van der Waals surface area contributed by atoms with E-state index < -0.39 is 0 Å². The predicted octanol–water partition coefficient (Wildman–Crippen LogP) is 11.9. The van der Waals surface area contributed by atoms with Gasteiger partial charge in [0, 0.05) is 21.9 Å². The fraction of sp³-hybridized carbons (Fsp3) is 0.364. The number of benzene rings is 4. The maximum absolute atomic E-state index is 5.84. The molecule has 0 radical (unpaired) electrons. The molecule has 4 aromatic carbocycles. The van der Waals surface area contributed by atoms with Crippen molar-refractivity contribution >= 4 is 46.0 Å². The molecule has 0 spiro atoms. The van der Waals surface area contributed by atoms with Crippen LogP contribution in [0.15, 0.2) is 130 Å². The quantitative estimate of drug-likeness (QED) is 0.0943. The second-order valence-electron chi connectivity index (χ2n) is 12.3. The summed E-state index contributed by atoms with van der Waals surface area (Å²) in [5.41, 5.74) is 8.40. The number of hydrogen-bond acceptors (Lipinski definition) is 8. The summed E-state index contributed by atoms with van der Waals surface area (Å²) in [7, 11) is 0. The number of hydrogen-bond donors (Lipinski definition) is 0. The van der Waals surface area contributed by atoms with Crippen LogP contribution in [0.3, 0.4) is 0 Å². The third-order valence-electron chi connectivity index (χ3n) is 7.84. The molecule has 0 aromatic heterocycles. The zero-order valence-corrected chi connectivity index (χ0v) is 33.9. The second kappa shape index (κ2) is 25.4. The van der Waals surface area contributed by atoms with E-state index in [2.05, 4.69) is 32.8 Å². The molecule has 4 aromatic rings. The standard InChI is InChI=1S/C12H14ClNO.C12H15NO.C10H12ClNO.C10H13NO/c1-2-15-14-12(9-3-4-9)10-5-7-11(13)8-6-10;1-2-14-13-12(11-8-9-11)10-6-4-3-5-7-10;1-3-13-12-8(2)9-4-6-10(11)7-5-9;1-3-12-11-9(2)10-7-5-4-6-8-10/h5-9H,2-4H2,1H3;3-7,11H,2,8-9H2,1H3;4-7H,3H2,1-2H3;4-8H,3H2,1-2H3/b14-12+;13-12-;12-8+;11-9+. The van der Waals surface area contributed by atoms with Crippen molar-refractivity contribution < 1.29 is 19.4 Å². The van der Waals surface area contributed by atoms with Gasteiger partial charge < -0.3 is 19.4 Å². The topological polar surface area (TPSA) is 86.4 Å². The molecule has 0 amide bonds. The molecular weight excluding hydrogens is 719 g/mol. The first-order chi connectivity index (χ1) is 26.3. The Morgan fingerprint density at radius 1 is 0.444 bits per heavy atom. The zero-order valence-electron chi connectivity index (χ0n) is 32.4. The van der Waals surface area contributed by atoms with Gasteiger partial charge in [0.2, 0.25) is 0 Å². The van der Waals surface area contributed by atoms with E-state index in [0.717, 1.165) is 49.6 Å². The first-order valence-corrected chi connectivity index (χ1v) is 19.4. The van der Waals surface area contributed by atoms with Crippen molar-refractivity contribution in [1.82, 2.24) is 0 Å². The summed E-state index contributed by atoms with van der Waals surface area (Å²) in [6.45, 7) is 14.0. The number of oxime groups is 4. The Bertz CT molecular complexity index is 1740. The van der Waals surface area contributed by atoms with Gasteiger partial charge in [0.25, 0.3) is 0 Å². The lowest BCUT2D eigenvalue weighted by Crippen LogP contribution is -2.04. The van der Waals surface area contributed by atoms with E-state index in [9.17, 15) is 0 Å². The number of rotatable bonds is 14. The Kier molecular flexibility index (Phi) is 20.6. The fourth-order valence-corrected chi connectivity index (χ4v) is 4.99. The van der Waals surface area contributed by atoms with Gasteiger partial charge in [-0.3, -0.25) is 0 Å². The first kappa shape index (κ1) is 43.7. The number of nitrogens with zero attached hydrogens (tertiary/aromatic N) is 4. The van der Waals surface area contributed by atoms with Crippen LogP contribution in [0.4, 0.5) is 0 Å². The van der Waals surface area contributed by atoms with E-state index in [0.29, 0.717) is 38.3 Å². The molecule has 0 bridgehead atoms. The maximum Gasteiger partial charge on any atom is 0.114 e. The Hall–Kier alpha value is -4.66. The van der Waals surface area contributed by atoms with Gasteiger partial charge in [-0.15, -0.1) is 0 Å². The highest BCUT2D eigenvalue weighted by Gasteiger charge is 2.30. The van der Waals surface area contributed by atoms with E-state index in [-0.39, 0.29) is 0 Å². The first-order valence-electron chi connectivity index (χ1n) is 18.7. The van der Waals surface area contributed by atoms with Gasteiger partial charge in [-0.05, 0) is 114 Å². The van der Waals surface area contributed by atoms with E-state index in [4.69, 9.17) is 42.6 Å². The van der Waals surface area contributed by atoms with Crippen LogP contribution in [0.2, 0.25) is 10.0 Å². The molecule has 54 heavy (non-hydrogen) atoms. The molecule has 288 valence electrons. The highest BCUT2D eigenvalue weighted by Crippen LogP contribution is 2.34. The molecule has 2 aliphatic carbocycles. The zero-order chi connectivity index (χ0) is 39.0. The minimum Gasteiger partial charge on any atom is -0.396 e. The van der Waals surface area contributed by atoms with Crippen molar-refractivity contribution in [3.8, 4) is 0 Å². The van der Waals surface area contributed by atoms with Crippen LogP contribution in [-0.4, -0.2) is 49.3 Å². The summed E-state index contributed by atoms with van der Waals surface area (Å²) in [4.78, 5) is 20.1. The largest absolute Gasteiger partial charge is 0.396 e. The summed E-state index contributed by atoms with van der Waals surface area (Å²) >= 11 is 11.6. The monoisotopic (exact) mass is 772 g/mol. The lowest BCUT2D eigenvalue weighted by molar-refractivity contribution is 0.158. The van der Waals surface area contributed by atoms with Crippen LogP contribution in [0.1, 0.15) is 89.5 Å². The van der Waals surface area contributed by atoms with Crippen LogP contribution < -0.4 is 0 Å². The lowest BCUT2D eigenvalue weighted by atomic mass is 10.1. The maximum atomic E-state index is 5.84. The van der Waals surface area contributed by atoms with Crippen molar-refractivity contribution in [3.63, 3.8) is 0 Å². The van der Waals surface area contributed by atoms with Gasteiger partial charge in [0.05, 0.1) is 22.8 Å². The van der Waals surface area contributed by atoms with Crippen LogP contribution in [0, 0.1) is 11.8 Å². The van der Waals surface area contributed by atoms with Gasteiger partial charge in [0.15, 0.2) is 0 Å². The molecule has 2 saturated carbocycles. The minimum atomic E-state index is 0.581. The second-order valence-corrected chi connectivity index (χ2v) is 13.1. The fourth-order valence-electron chi connectivity index (χ4n) is 4.74. The molecule has 6 rings (SSSR count). The highest BCUT2D eigenvalue weighted by atomic mass is 35.5. The van der Waals surface area contributed by atoms with Gasteiger partial charge in [0.1, 0.15) is 26.4 Å². The van der Waals surface area contributed by atoms with Crippen molar-refractivity contribution in [2.75, 3.05) is 26.4 Å². The van der Waals surface area contributed by atoms with Crippen molar-refractivity contribution in [3.05, 3.63) is 141 Å². The Labute approximate surface area is 331 Å². The third kappa shape index (κ3) is 17.0. The molecule has 0 atom stereocenters. The van der Waals surface area contributed by atoms with Gasteiger partial charge >= 0.3 is 0 Å². The summed E-state index contributed by atoms with van der Waals surface area (Å²) in [6.07, 6.45) is 4.94. The number of halogens is 2. The summed E-state index contributed by atoms with van der Waals surface area (Å²) in [6, 6.07) is 35.6. The van der Waals surface area contributed by atoms with E-state index >= 15 is 0 Å². The van der Waals surface area contributed by atoms with Crippen molar-refractivity contribution in [2.24, 2.45) is 32.5 Å². The van der Waals surface area contributed by atoms with Gasteiger partial charge in [-0.25, -0.2) is 0 Å². The van der Waals surface area contributed by atoms with Crippen LogP contribution in [-0.2, 0) is 19.4 Å². The summed E-state index contributed by atoms with van der Waals surface area (Å²) in [5.74, 6) is 1.21. The molecule has 10 heteroatoms. The van der Waals surface area contributed by atoms with E-state index in [1.807, 2.05) is 139 Å². The van der Waals surface area contributed by atoms with E-state index in [1.54, 1.807) is 0 Å². The van der Waals surface area contributed by atoms with Crippen molar-refractivity contribution in [2.45, 2.75) is 67.2 Å². The van der Waals surface area contributed by atoms with Crippen LogP contribution in [0.25, 0.3) is 0 Å². The summed E-state index contributed by atoms with van der Waals surface area (Å²) in [5, 5.41) is 17.7. The van der Waals surface area contributed by atoms with Gasteiger partial charge in [-0.2, -0.15) is 0 Å². The third-order valence-corrected chi connectivity index (χ3v) is 8.34. The highest BCUT2D eigenvalue weighted by molar-refractivity contribution is 6.31. The average molecular weight is 774 g/mol. The van der Waals surface area contributed by atoms with E-state index in [1.165, 1.54) is 31.2 Å². The molecule has 8 nitrogen and oxygen atoms in total. The molecule has 0 N–H and O–H groups in total. The Morgan fingerprint density at radius 3 is 1.09 bits per heavy atom. The minimum absolute atomic E-state index is 0.581. The molecular formula is C44H54Cl2N4O4. The normalized spacial score (nSPS) is 14.2. The molecule has 0 saturated heterocycles. The SMILES string of the molecule is CCO/N=C(/c1ccc(Cl)cc1)C1CC1.CCO/N=C(/c1ccccc1)C1CC1.CCO/N=C(\C)c1ccc(Cl)cc1.CCO/N=C(\C)c1ccccc1. The molecule has 0 unspecified atom stereocenters. The smallest absolute Gasteiger partial charge is 0.114 e. The van der Waals surface area contributed by atoms with Gasteiger partial charge in [-0.1, -0.05) is 129 Å². The molecule has 2 fully saturated rings. The molecule has 2 aliphatic rings. The molecule has 0 aliphatic heterocycles. The lowest BCUT2D eigenvalue weighted by Gasteiger charge is -2.04. The Balaban J connectivity index is 0.000000194. The average Bonchev–Trinajstić information content (AvgIpc) is 4.15. The van der Waals surface area contributed by atoms with Crippen LogP contribution in [0.5, 0.6) is 0 Å². The predicted molar refractivity (Wildman–Crippen MR) is 225 cm³/mol. The Morgan fingerprint density at radius 2 is 0.741 bits per heavy atom. The van der Waals surface area contributed by atoms with Crippen LogP contribution >= 0.6 is 23.2 Å². The van der Waals surface area contributed by atoms with Crippen molar-refractivity contribution in [1.29, 1.82) is 0 Å².